The molecule has 0 spiro atoms. The maximum absolute atomic E-state index is 12.7. The molecule has 0 heterocycles. The summed E-state index contributed by atoms with van der Waals surface area (Å²) in [6.07, 6.45) is -3.58. The van der Waals surface area contributed by atoms with Gasteiger partial charge in [0.05, 0.1) is 11.1 Å². The van der Waals surface area contributed by atoms with Gasteiger partial charge in [0.2, 0.25) is 0 Å². The number of halogens is 4. The number of hydrogen-bond donors (Lipinski definition) is 1. The predicted molar refractivity (Wildman–Crippen MR) is 75.5 cm³/mol. The minimum atomic E-state index is -4.46. The van der Waals surface area contributed by atoms with Crippen LogP contribution in [0.1, 0.15) is 43.1 Å². The molecule has 0 saturated heterocycles. The highest BCUT2D eigenvalue weighted by Gasteiger charge is 2.31. The molecule has 0 aromatic heterocycles. The molecule has 0 aliphatic carbocycles. The van der Waals surface area contributed by atoms with Crippen molar-refractivity contribution in [3.63, 3.8) is 0 Å². The molecule has 0 radical (unpaired) electrons. The molecular weight excluding hydrogens is 335 g/mol. The van der Waals surface area contributed by atoms with Crippen LogP contribution in [0.2, 0.25) is 0 Å². The summed E-state index contributed by atoms with van der Waals surface area (Å²) in [4.78, 5) is 12.1. The Morgan fingerprint density at radius 2 is 1.95 bits per heavy atom. The van der Waals surface area contributed by atoms with Crippen molar-refractivity contribution in [2.24, 2.45) is 5.92 Å². The summed E-state index contributed by atoms with van der Waals surface area (Å²) in [5.74, 6) is -0.251. The quantitative estimate of drug-likeness (QED) is 0.841. The van der Waals surface area contributed by atoms with Gasteiger partial charge in [0, 0.05) is 10.5 Å². The first kappa shape index (κ1) is 17.0. The van der Waals surface area contributed by atoms with Crippen LogP contribution in [0.4, 0.5) is 13.2 Å². The van der Waals surface area contributed by atoms with E-state index in [0.29, 0.717) is 4.47 Å². The fourth-order valence-electron chi connectivity index (χ4n) is 1.66. The lowest BCUT2D eigenvalue weighted by Crippen LogP contribution is -2.37. The summed E-state index contributed by atoms with van der Waals surface area (Å²) in [7, 11) is 0. The lowest BCUT2D eigenvalue weighted by Gasteiger charge is -2.20. The molecule has 1 N–H and O–H groups in total. The van der Waals surface area contributed by atoms with Gasteiger partial charge in [0.1, 0.15) is 0 Å². The van der Waals surface area contributed by atoms with E-state index in [4.69, 9.17) is 0 Å². The Bertz CT molecular complexity index is 488. The van der Waals surface area contributed by atoms with E-state index < -0.39 is 17.6 Å². The first-order chi connectivity index (χ1) is 9.16. The number of carbonyl (C=O) groups is 1. The standard InChI is InChI=1S/C14H17BrF3NO/c1-4-8(2)9(3)19-13(20)11-7-10(14(16,17)18)5-6-12(11)15/h5-9H,4H2,1-3H3,(H,19,20). The summed E-state index contributed by atoms with van der Waals surface area (Å²) < 4.78 is 38.3. The number of carbonyl (C=O) groups excluding carboxylic acids is 1. The van der Waals surface area contributed by atoms with Crippen LogP contribution in [0.5, 0.6) is 0 Å². The van der Waals surface area contributed by atoms with Crippen molar-refractivity contribution in [3.05, 3.63) is 33.8 Å². The van der Waals surface area contributed by atoms with Crippen LogP contribution in [0.15, 0.2) is 22.7 Å². The van der Waals surface area contributed by atoms with E-state index in [1.54, 1.807) is 0 Å². The van der Waals surface area contributed by atoms with Gasteiger partial charge in [0.15, 0.2) is 0 Å². The molecule has 1 rings (SSSR count). The zero-order chi connectivity index (χ0) is 15.5. The molecule has 0 aliphatic heterocycles. The number of nitrogens with one attached hydrogen (secondary N) is 1. The topological polar surface area (TPSA) is 29.1 Å². The zero-order valence-corrected chi connectivity index (χ0v) is 13.1. The van der Waals surface area contributed by atoms with Gasteiger partial charge in [-0.2, -0.15) is 13.2 Å². The molecule has 0 saturated carbocycles. The maximum atomic E-state index is 12.7. The Labute approximate surface area is 124 Å². The summed E-state index contributed by atoms with van der Waals surface area (Å²) in [5, 5.41) is 2.73. The summed E-state index contributed by atoms with van der Waals surface area (Å²) in [6, 6.07) is 2.95. The summed E-state index contributed by atoms with van der Waals surface area (Å²) in [5.41, 5.74) is -0.836. The second kappa shape index (κ2) is 6.61. The SMILES string of the molecule is CCC(C)C(C)NC(=O)c1cc(C(F)(F)F)ccc1Br. The van der Waals surface area contributed by atoms with Crippen LogP contribution >= 0.6 is 15.9 Å². The molecule has 2 nitrogen and oxygen atoms in total. The van der Waals surface area contributed by atoms with Gasteiger partial charge in [-0.3, -0.25) is 4.79 Å². The molecule has 20 heavy (non-hydrogen) atoms. The predicted octanol–water partition coefficient (Wildman–Crippen LogP) is 4.63. The first-order valence-electron chi connectivity index (χ1n) is 6.34. The van der Waals surface area contributed by atoms with Gasteiger partial charge in [-0.1, -0.05) is 20.3 Å². The minimum absolute atomic E-state index is 0.00465. The molecule has 2 unspecified atom stereocenters. The third-order valence-corrected chi connectivity index (χ3v) is 4.09. The molecule has 0 bridgehead atoms. The summed E-state index contributed by atoms with van der Waals surface area (Å²) in [6.45, 7) is 5.81. The number of rotatable bonds is 4. The first-order valence-corrected chi connectivity index (χ1v) is 7.13. The fraction of sp³-hybridized carbons (Fsp3) is 0.500. The second-order valence-corrected chi connectivity index (χ2v) is 5.69. The van der Waals surface area contributed by atoms with Crippen molar-refractivity contribution < 1.29 is 18.0 Å². The van der Waals surface area contributed by atoms with Crippen LogP contribution in [-0.2, 0) is 6.18 Å². The van der Waals surface area contributed by atoms with Crippen molar-refractivity contribution >= 4 is 21.8 Å². The molecule has 0 aliphatic rings. The van der Waals surface area contributed by atoms with Crippen molar-refractivity contribution in [2.45, 2.75) is 39.4 Å². The van der Waals surface area contributed by atoms with Crippen LogP contribution in [-0.4, -0.2) is 11.9 Å². The highest BCUT2D eigenvalue weighted by atomic mass is 79.9. The van der Waals surface area contributed by atoms with Gasteiger partial charge in [0.25, 0.3) is 5.91 Å². The van der Waals surface area contributed by atoms with E-state index in [1.807, 2.05) is 20.8 Å². The van der Waals surface area contributed by atoms with Crippen LogP contribution < -0.4 is 5.32 Å². The van der Waals surface area contributed by atoms with Crippen LogP contribution in [0.3, 0.4) is 0 Å². The molecular formula is C14H17BrF3NO. The van der Waals surface area contributed by atoms with Crippen molar-refractivity contribution in [2.75, 3.05) is 0 Å². The van der Waals surface area contributed by atoms with E-state index in [1.165, 1.54) is 6.07 Å². The maximum Gasteiger partial charge on any atom is 0.416 e. The highest BCUT2D eigenvalue weighted by Crippen LogP contribution is 2.31. The molecule has 0 fully saturated rings. The summed E-state index contributed by atoms with van der Waals surface area (Å²) >= 11 is 3.11. The van der Waals surface area contributed by atoms with Gasteiger partial charge in [-0.05, 0) is 47.0 Å². The molecule has 1 amide bonds. The van der Waals surface area contributed by atoms with E-state index in [9.17, 15) is 18.0 Å². The molecule has 2 atom stereocenters. The highest BCUT2D eigenvalue weighted by molar-refractivity contribution is 9.10. The Morgan fingerprint density at radius 3 is 2.45 bits per heavy atom. The van der Waals surface area contributed by atoms with E-state index in [2.05, 4.69) is 21.2 Å². The van der Waals surface area contributed by atoms with Crippen molar-refractivity contribution in [3.8, 4) is 0 Å². The molecule has 1 aromatic carbocycles. The number of amides is 1. The van der Waals surface area contributed by atoms with Gasteiger partial charge in [-0.15, -0.1) is 0 Å². The largest absolute Gasteiger partial charge is 0.416 e. The smallest absolute Gasteiger partial charge is 0.349 e. The minimum Gasteiger partial charge on any atom is -0.349 e. The average Bonchev–Trinajstić information content (AvgIpc) is 2.36. The zero-order valence-electron chi connectivity index (χ0n) is 11.5. The van der Waals surface area contributed by atoms with Gasteiger partial charge >= 0.3 is 6.18 Å². The van der Waals surface area contributed by atoms with Crippen LogP contribution in [0.25, 0.3) is 0 Å². The Hall–Kier alpha value is -1.04. The van der Waals surface area contributed by atoms with E-state index in [0.717, 1.165) is 18.6 Å². The lowest BCUT2D eigenvalue weighted by molar-refractivity contribution is -0.137. The third-order valence-electron chi connectivity index (χ3n) is 3.39. The molecule has 1 aromatic rings. The molecule has 112 valence electrons. The van der Waals surface area contributed by atoms with E-state index in [-0.39, 0.29) is 17.5 Å². The van der Waals surface area contributed by atoms with Gasteiger partial charge in [-0.25, -0.2) is 0 Å². The van der Waals surface area contributed by atoms with Crippen LogP contribution in [0, 0.1) is 5.92 Å². The Morgan fingerprint density at radius 1 is 1.35 bits per heavy atom. The average molecular weight is 352 g/mol. The molecule has 6 heteroatoms. The number of hydrogen-bond acceptors (Lipinski definition) is 1. The van der Waals surface area contributed by atoms with Gasteiger partial charge < -0.3 is 5.32 Å². The van der Waals surface area contributed by atoms with Crippen molar-refractivity contribution in [1.29, 1.82) is 0 Å². The fourth-order valence-corrected chi connectivity index (χ4v) is 2.08. The number of benzene rings is 1. The van der Waals surface area contributed by atoms with Crippen molar-refractivity contribution in [1.82, 2.24) is 5.32 Å². The normalized spacial score (nSPS) is 14.8. The lowest BCUT2D eigenvalue weighted by atomic mass is 10.0. The monoisotopic (exact) mass is 351 g/mol. The second-order valence-electron chi connectivity index (χ2n) is 4.84. The number of alkyl halides is 3. The van der Waals surface area contributed by atoms with E-state index >= 15 is 0 Å². The Balaban J connectivity index is 2.98. The third kappa shape index (κ3) is 4.23. The Kier molecular flexibility index (Phi) is 5.62.